The van der Waals surface area contributed by atoms with Crippen LogP contribution in [0.4, 0.5) is 0 Å². The molecule has 2 aromatic rings. The van der Waals surface area contributed by atoms with Crippen LogP contribution in [0.15, 0.2) is 74.6 Å². The molecule has 0 bridgehead atoms. The SMILES string of the molecule is CSCC[C@H](N)C(=O)N[C@@H](CCC(=O)O)C(=O)N[C@@H](CC1=NC=NC1)C(=O)N[C@H](Cc1ccccc1)C(=O)N[C@@H](CCCN=C(N)N)C(=O)N[C@@H](CC1=c2ccccc2=NC1)C(=O)NCC(=O)O. The molecule has 4 rings (SSSR count). The smallest absolute Gasteiger partial charge is 0.322 e. The second-order valence-corrected chi connectivity index (χ2v) is 16.9. The van der Waals surface area contributed by atoms with Crippen LogP contribution in [-0.4, -0.2) is 150 Å². The van der Waals surface area contributed by atoms with E-state index in [1.54, 1.807) is 48.5 Å². The third-order valence-electron chi connectivity index (χ3n) is 10.6. The number of nitrogens with one attached hydrogen (secondary N) is 6. The van der Waals surface area contributed by atoms with Crippen LogP contribution in [-0.2, 0) is 44.8 Å². The largest absolute Gasteiger partial charge is 0.481 e. The molecule has 0 aromatic heterocycles. The number of carbonyl (C=O) groups is 8. The van der Waals surface area contributed by atoms with Gasteiger partial charge < -0.3 is 59.3 Å². The summed E-state index contributed by atoms with van der Waals surface area (Å²) in [5.74, 6) is -7.13. The van der Waals surface area contributed by atoms with Crippen molar-refractivity contribution < 1.29 is 48.6 Å². The number of para-hydroxylation sites is 1. The Morgan fingerprint density at radius 2 is 1.28 bits per heavy atom. The lowest BCUT2D eigenvalue weighted by molar-refractivity contribution is -0.139. The number of carboxylic acids is 2. The molecule has 2 aliphatic rings. The Hall–Kier alpha value is -7.21. The fourth-order valence-corrected chi connectivity index (χ4v) is 7.57. The molecular formula is C44H59N13O10S. The van der Waals surface area contributed by atoms with Crippen molar-refractivity contribution in [2.75, 3.05) is 38.2 Å². The lowest BCUT2D eigenvalue weighted by Crippen LogP contribution is -2.60. The summed E-state index contributed by atoms with van der Waals surface area (Å²) >= 11 is 1.46. The van der Waals surface area contributed by atoms with Crippen LogP contribution in [0.5, 0.6) is 0 Å². The lowest BCUT2D eigenvalue weighted by Gasteiger charge is -2.27. The maximum Gasteiger partial charge on any atom is 0.322 e. The molecule has 23 nitrogen and oxygen atoms in total. The summed E-state index contributed by atoms with van der Waals surface area (Å²) in [6, 6.07) is 7.89. The topological polar surface area (TPSA) is 377 Å². The minimum Gasteiger partial charge on any atom is -0.481 e. The molecule has 14 N–H and O–H groups in total. The van der Waals surface area contributed by atoms with Gasteiger partial charge in [0.05, 0.1) is 24.5 Å². The lowest BCUT2D eigenvalue weighted by atomic mass is 10.0. The van der Waals surface area contributed by atoms with Gasteiger partial charge in [-0.15, -0.1) is 0 Å². The molecule has 68 heavy (non-hydrogen) atoms. The van der Waals surface area contributed by atoms with Gasteiger partial charge in [-0.3, -0.25) is 53.3 Å². The molecule has 0 saturated heterocycles. The van der Waals surface area contributed by atoms with Crippen molar-refractivity contribution in [3.05, 3.63) is 70.7 Å². The first-order valence-electron chi connectivity index (χ1n) is 21.8. The number of benzene rings is 2. The molecule has 6 atom stereocenters. The van der Waals surface area contributed by atoms with E-state index in [1.165, 1.54) is 18.1 Å². The van der Waals surface area contributed by atoms with Gasteiger partial charge in [-0.25, -0.2) is 4.99 Å². The summed E-state index contributed by atoms with van der Waals surface area (Å²) in [5, 5.41) is 35.7. The number of thioether (sulfide) groups is 1. The number of aliphatic imine (C=N–C) groups is 3. The summed E-state index contributed by atoms with van der Waals surface area (Å²) < 4.78 is 0. The normalized spacial score (nSPS) is 15.1. The maximum absolute atomic E-state index is 14.5. The number of guanidine groups is 1. The number of hydrogen-bond acceptors (Lipinski definition) is 14. The van der Waals surface area contributed by atoms with Crippen LogP contribution >= 0.6 is 11.8 Å². The van der Waals surface area contributed by atoms with Gasteiger partial charge in [-0.1, -0.05) is 48.5 Å². The van der Waals surface area contributed by atoms with Gasteiger partial charge in [0.2, 0.25) is 35.4 Å². The van der Waals surface area contributed by atoms with Crippen LogP contribution in [0, 0.1) is 0 Å². The molecule has 2 heterocycles. The highest BCUT2D eigenvalue weighted by Gasteiger charge is 2.34. The first-order valence-corrected chi connectivity index (χ1v) is 23.2. The molecule has 0 unspecified atom stereocenters. The number of nitrogens with two attached hydrogens (primary N) is 3. The van der Waals surface area contributed by atoms with Crippen LogP contribution < -0.4 is 59.7 Å². The average molecular weight is 962 g/mol. The Kier molecular flexibility index (Phi) is 21.5. The Bertz CT molecular complexity index is 2360. The second kappa shape index (κ2) is 27.4. The van der Waals surface area contributed by atoms with Gasteiger partial charge in [-0.2, -0.15) is 11.8 Å². The first kappa shape index (κ1) is 53.4. The number of aliphatic carboxylic acids is 2. The van der Waals surface area contributed by atoms with Crippen molar-refractivity contribution in [3.63, 3.8) is 0 Å². The molecule has 0 spiro atoms. The summed E-state index contributed by atoms with van der Waals surface area (Å²) in [6.45, 7) is -0.350. The molecule has 0 radical (unpaired) electrons. The number of amides is 6. The number of carbonyl (C=O) groups excluding carboxylic acids is 6. The summed E-state index contributed by atoms with van der Waals surface area (Å²) in [6.07, 6.45) is 2.29. The molecule has 6 amide bonds. The number of hydrogen-bond donors (Lipinski definition) is 11. The number of rotatable bonds is 29. The van der Waals surface area contributed by atoms with Crippen molar-refractivity contribution >= 4 is 82.7 Å². The van der Waals surface area contributed by atoms with Crippen molar-refractivity contribution in [1.29, 1.82) is 0 Å². The van der Waals surface area contributed by atoms with Crippen molar-refractivity contribution in [2.45, 2.75) is 87.6 Å². The van der Waals surface area contributed by atoms with Crippen molar-refractivity contribution in [3.8, 4) is 0 Å². The fourth-order valence-electron chi connectivity index (χ4n) is 7.08. The Labute approximate surface area is 395 Å². The van der Waals surface area contributed by atoms with Crippen molar-refractivity contribution in [2.24, 2.45) is 37.2 Å². The quantitative estimate of drug-likeness (QED) is 0.0215. The van der Waals surface area contributed by atoms with Gasteiger partial charge in [0, 0.05) is 43.2 Å². The minimum atomic E-state index is -1.43. The van der Waals surface area contributed by atoms with Gasteiger partial charge >= 0.3 is 11.9 Å². The minimum absolute atomic E-state index is 0.0475. The molecule has 2 aliphatic heterocycles. The highest BCUT2D eigenvalue weighted by molar-refractivity contribution is 7.98. The highest BCUT2D eigenvalue weighted by Crippen LogP contribution is 2.12. The average Bonchev–Trinajstić information content (AvgIpc) is 3.99. The fraction of sp³-hybridized carbons (Fsp3) is 0.455. The monoisotopic (exact) mass is 961 g/mol. The standard InChI is InChI=1S/C44H59N13O10S/c1-68-17-15-29(45)38(62)53-32(13-14-36(58)59)41(65)57-35(20-27-22-48-24-52-27)43(67)55-33(18-25-8-3-2-4-9-25)42(66)54-31(12-7-16-49-44(46)47)40(64)56-34(39(63)51-23-37(60)61)19-26-21-50-30-11-6-5-10-28(26)30/h2-6,8-11,24,29,31-35H,7,12-23,45H2,1H3,(H,51,63)(H,53,62)(H,54,66)(H,55,67)(H,56,64)(H,57,65)(H,58,59)(H,60,61)(H4,46,47,49)/t29-,31-,32-,33+,34-,35-/m0/s1. The summed E-state index contributed by atoms with van der Waals surface area (Å²) in [4.78, 5) is 123. The van der Waals surface area contributed by atoms with Crippen LogP contribution in [0.3, 0.4) is 0 Å². The zero-order valence-electron chi connectivity index (χ0n) is 37.5. The summed E-state index contributed by atoms with van der Waals surface area (Å²) in [7, 11) is 0. The van der Waals surface area contributed by atoms with E-state index in [2.05, 4.69) is 51.9 Å². The molecule has 2 aromatic carbocycles. The third-order valence-corrected chi connectivity index (χ3v) is 11.3. The van der Waals surface area contributed by atoms with E-state index in [4.69, 9.17) is 17.2 Å². The van der Waals surface area contributed by atoms with E-state index in [0.29, 0.717) is 28.0 Å². The van der Waals surface area contributed by atoms with E-state index < -0.39 is 96.6 Å². The molecular weight excluding hydrogens is 903 g/mol. The molecule has 0 fully saturated rings. The first-order chi connectivity index (χ1) is 32.5. The van der Waals surface area contributed by atoms with Crippen LogP contribution in [0.1, 0.15) is 50.5 Å². The number of nitrogens with zero attached hydrogens (tertiary/aromatic N) is 4. The van der Waals surface area contributed by atoms with Crippen LogP contribution in [0.2, 0.25) is 0 Å². The Morgan fingerprint density at radius 1 is 0.691 bits per heavy atom. The zero-order chi connectivity index (χ0) is 49.6. The summed E-state index contributed by atoms with van der Waals surface area (Å²) in [5.41, 5.74) is 18.8. The predicted molar refractivity (Wildman–Crippen MR) is 254 cm³/mol. The van der Waals surface area contributed by atoms with E-state index in [9.17, 15) is 48.6 Å². The zero-order valence-corrected chi connectivity index (χ0v) is 38.3. The number of fused-ring (bicyclic) bond motifs is 1. The van der Waals surface area contributed by atoms with Crippen LogP contribution in [0.25, 0.3) is 5.57 Å². The highest BCUT2D eigenvalue weighted by atomic mass is 32.2. The predicted octanol–water partition coefficient (Wildman–Crippen LogP) is -3.40. The van der Waals surface area contributed by atoms with Gasteiger partial charge in [0.1, 0.15) is 43.1 Å². The van der Waals surface area contributed by atoms with Crippen molar-refractivity contribution in [1.82, 2.24) is 31.9 Å². The maximum atomic E-state index is 14.5. The third kappa shape index (κ3) is 17.9. The molecule has 366 valence electrons. The molecule has 0 aliphatic carbocycles. The van der Waals surface area contributed by atoms with E-state index in [-0.39, 0.29) is 70.5 Å². The van der Waals surface area contributed by atoms with Gasteiger partial charge in [-0.05, 0) is 54.9 Å². The van der Waals surface area contributed by atoms with E-state index in [0.717, 1.165) is 5.22 Å². The van der Waals surface area contributed by atoms with Gasteiger partial charge in [0.15, 0.2) is 5.96 Å². The Morgan fingerprint density at radius 3 is 1.90 bits per heavy atom. The molecule has 24 heteroatoms. The number of carboxylic acid groups (broad SMARTS) is 2. The Balaban J connectivity index is 1.64. The van der Waals surface area contributed by atoms with E-state index in [1.807, 2.05) is 12.3 Å². The van der Waals surface area contributed by atoms with E-state index >= 15 is 0 Å². The second-order valence-electron chi connectivity index (χ2n) is 15.9. The van der Waals surface area contributed by atoms with Gasteiger partial charge in [0.25, 0.3) is 0 Å². The molecule has 0 saturated carbocycles.